The topological polar surface area (TPSA) is 75.3 Å². The lowest BCUT2D eigenvalue weighted by Gasteiger charge is -2.17. The molecular weight excluding hydrogens is 348 g/mol. The van der Waals surface area contributed by atoms with Crippen LogP contribution in [-0.4, -0.2) is 26.6 Å². The molecule has 1 amide bonds. The smallest absolute Gasteiger partial charge is 0.229 e. The van der Waals surface area contributed by atoms with Crippen molar-refractivity contribution in [2.24, 2.45) is 0 Å². The molecule has 0 aromatic heterocycles. The average molecular weight is 383 g/mol. The highest BCUT2D eigenvalue weighted by Gasteiger charge is 2.10. The first-order chi connectivity index (χ1) is 12.3. The predicted molar refractivity (Wildman–Crippen MR) is 109 cm³/mol. The molecule has 1 aromatic rings. The molecule has 5 nitrogen and oxygen atoms in total. The molecular formula is C20H34N2O3S. The molecule has 0 fully saturated rings. The number of nitrogens with one attached hydrogen (secondary N) is 2. The van der Waals surface area contributed by atoms with Gasteiger partial charge >= 0.3 is 0 Å². The van der Waals surface area contributed by atoms with Crippen molar-refractivity contribution in [3.8, 4) is 0 Å². The molecule has 6 heteroatoms. The highest BCUT2D eigenvalue weighted by molar-refractivity contribution is 7.92. The van der Waals surface area contributed by atoms with Crippen molar-refractivity contribution in [3.63, 3.8) is 0 Å². The Bertz CT molecular complexity index is 627. The van der Waals surface area contributed by atoms with Gasteiger partial charge in [-0.15, -0.1) is 0 Å². The highest BCUT2D eigenvalue weighted by atomic mass is 32.2. The van der Waals surface area contributed by atoms with E-state index in [1.165, 1.54) is 25.7 Å². The standard InChI is InChI=1S/C20H34N2O3S/c1-4-6-7-8-11-18(5-2)21-20(23)12-9-10-17-13-15-19(16-14-17)22-26(3,24)25/h13-16,18,22H,4-12H2,1-3H3,(H,21,23). The molecule has 0 aliphatic heterocycles. The van der Waals surface area contributed by atoms with E-state index in [4.69, 9.17) is 0 Å². The molecule has 0 radical (unpaired) electrons. The number of unbranched alkanes of at least 4 members (excludes halogenated alkanes) is 3. The van der Waals surface area contributed by atoms with Crippen LogP contribution < -0.4 is 10.0 Å². The zero-order valence-corrected chi connectivity index (χ0v) is 17.2. The third-order valence-corrected chi connectivity index (χ3v) is 5.00. The van der Waals surface area contributed by atoms with Crippen molar-refractivity contribution in [2.75, 3.05) is 11.0 Å². The second-order valence-corrected chi connectivity index (χ2v) is 8.70. The quantitative estimate of drug-likeness (QED) is 0.501. The van der Waals surface area contributed by atoms with Gasteiger partial charge in [-0.3, -0.25) is 9.52 Å². The molecule has 1 aromatic carbocycles. The molecule has 1 rings (SSSR count). The fraction of sp³-hybridized carbons (Fsp3) is 0.650. The number of hydrogen-bond acceptors (Lipinski definition) is 3. The number of rotatable bonds is 13. The van der Waals surface area contributed by atoms with E-state index in [1.54, 1.807) is 12.1 Å². The number of sulfonamides is 1. The summed E-state index contributed by atoms with van der Waals surface area (Å²) in [6.45, 7) is 4.33. The summed E-state index contributed by atoms with van der Waals surface area (Å²) in [5.41, 5.74) is 1.66. The van der Waals surface area contributed by atoms with Gasteiger partial charge in [0.25, 0.3) is 0 Å². The van der Waals surface area contributed by atoms with Crippen molar-refractivity contribution in [1.29, 1.82) is 0 Å². The Hall–Kier alpha value is -1.56. The summed E-state index contributed by atoms with van der Waals surface area (Å²) in [6, 6.07) is 7.59. The molecule has 1 unspecified atom stereocenters. The van der Waals surface area contributed by atoms with Crippen LogP contribution in [0.5, 0.6) is 0 Å². The second kappa shape index (κ2) is 11.9. The summed E-state index contributed by atoms with van der Waals surface area (Å²) in [5, 5.41) is 3.15. The third-order valence-electron chi connectivity index (χ3n) is 4.39. The zero-order chi connectivity index (χ0) is 19.4. The average Bonchev–Trinajstić information content (AvgIpc) is 2.58. The van der Waals surface area contributed by atoms with Crippen LogP contribution in [0.2, 0.25) is 0 Å². The summed E-state index contributed by atoms with van der Waals surface area (Å²) in [6.07, 6.45) is 10.2. The van der Waals surface area contributed by atoms with Crippen LogP contribution in [0.4, 0.5) is 5.69 Å². The maximum atomic E-state index is 12.1. The lowest BCUT2D eigenvalue weighted by atomic mass is 10.0. The first kappa shape index (κ1) is 22.5. The molecule has 26 heavy (non-hydrogen) atoms. The molecule has 2 N–H and O–H groups in total. The summed E-state index contributed by atoms with van der Waals surface area (Å²) in [5.74, 6) is 0.128. The van der Waals surface area contributed by atoms with E-state index in [0.29, 0.717) is 18.2 Å². The zero-order valence-electron chi connectivity index (χ0n) is 16.4. The Kier molecular flexibility index (Phi) is 10.3. The lowest BCUT2D eigenvalue weighted by Crippen LogP contribution is -2.34. The Labute approximate surface area is 159 Å². The van der Waals surface area contributed by atoms with Gasteiger partial charge in [0, 0.05) is 18.2 Å². The van der Waals surface area contributed by atoms with Crippen molar-refractivity contribution in [2.45, 2.75) is 77.7 Å². The fourth-order valence-electron chi connectivity index (χ4n) is 2.90. The van der Waals surface area contributed by atoms with Crippen LogP contribution in [0.25, 0.3) is 0 Å². The minimum Gasteiger partial charge on any atom is -0.353 e. The third kappa shape index (κ3) is 10.4. The van der Waals surface area contributed by atoms with E-state index in [9.17, 15) is 13.2 Å². The van der Waals surface area contributed by atoms with Gasteiger partial charge in [0.15, 0.2) is 0 Å². The molecule has 0 heterocycles. The molecule has 0 aliphatic rings. The van der Waals surface area contributed by atoms with Gasteiger partial charge in [-0.25, -0.2) is 8.42 Å². The van der Waals surface area contributed by atoms with Crippen LogP contribution in [0.15, 0.2) is 24.3 Å². The van der Waals surface area contributed by atoms with Gasteiger partial charge < -0.3 is 5.32 Å². The Morgan fingerprint density at radius 1 is 1.04 bits per heavy atom. The van der Waals surface area contributed by atoms with Gasteiger partial charge in [0.2, 0.25) is 15.9 Å². The first-order valence-electron chi connectivity index (χ1n) is 9.70. The summed E-state index contributed by atoms with van der Waals surface area (Å²) < 4.78 is 24.8. The van der Waals surface area contributed by atoms with E-state index < -0.39 is 10.0 Å². The molecule has 0 spiro atoms. The Morgan fingerprint density at radius 2 is 1.73 bits per heavy atom. The number of anilines is 1. The fourth-order valence-corrected chi connectivity index (χ4v) is 3.47. The van der Waals surface area contributed by atoms with E-state index in [2.05, 4.69) is 23.9 Å². The highest BCUT2D eigenvalue weighted by Crippen LogP contribution is 2.13. The lowest BCUT2D eigenvalue weighted by molar-refractivity contribution is -0.121. The minimum absolute atomic E-state index is 0.128. The number of hydrogen-bond donors (Lipinski definition) is 2. The van der Waals surface area contributed by atoms with Crippen LogP contribution in [0, 0.1) is 0 Å². The molecule has 148 valence electrons. The monoisotopic (exact) mass is 382 g/mol. The van der Waals surface area contributed by atoms with E-state index >= 15 is 0 Å². The molecule has 1 atom stereocenters. The van der Waals surface area contributed by atoms with Crippen LogP contribution >= 0.6 is 0 Å². The Morgan fingerprint density at radius 3 is 2.31 bits per heavy atom. The van der Waals surface area contributed by atoms with Crippen molar-refractivity contribution < 1.29 is 13.2 Å². The van der Waals surface area contributed by atoms with E-state index in [0.717, 1.165) is 37.5 Å². The van der Waals surface area contributed by atoms with Crippen molar-refractivity contribution in [3.05, 3.63) is 29.8 Å². The van der Waals surface area contributed by atoms with Gasteiger partial charge in [-0.1, -0.05) is 51.7 Å². The van der Waals surface area contributed by atoms with Crippen molar-refractivity contribution in [1.82, 2.24) is 5.32 Å². The molecule has 0 bridgehead atoms. The summed E-state index contributed by atoms with van der Waals surface area (Å²) >= 11 is 0. The van der Waals surface area contributed by atoms with Gasteiger partial charge in [-0.05, 0) is 43.4 Å². The first-order valence-corrected chi connectivity index (χ1v) is 11.6. The molecule has 0 saturated carbocycles. The molecule has 0 saturated heterocycles. The SMILES string of the molecule is CCCCCCC(CC)NC(=O)CCCc1ccc(NS(C)(=O)=O)cc1. The second-order valence-electron chi connectivity index (χ2n) is 6.95. The number of benzene rings is 1. The maximum absolute atomic E-state index is 12.1. The number of aryl methyl sites for hydroxylation is 1. The van der Waals surface area contributed by atoms with E-state index in [1.807, 2.05) is 12.1 Å². The maximum Gasteiger partial charge on any atom is 0.229 e. The van der Waals surface area contributed by atoms with Crippen molar-refractivity contribution >= 4 is 21.6 Å². The largest absolute Gasteiger partial charge is 0.353 e. The summed E-state index contributed by atoms with van der Waals surface area (Å²) in [4.78, 5) is 12.1. The Balaban J connectivity index is 2.29. The van der Waals surface area contributed by atoms with Crippen LogP contribution in [0.1, 0.15) is 70.8 Å². The van der Waals surface area contributed by atoms with Crippen LogP contribution in [0.3, 0.4) is 0 Å². The van der Waals surface area contributed by atoms with Crippen LogP contribution in [-0.2, 0) is 21.2 Å². The van der Waals surface area contributed by atoms with E-state index in [-0.39, 0.29) is 5.91 Å². The van der Waals surface area contributed by atoms with Gasteiger partial charge in [0.05, 0.1) is 6.26 Å². The van der Waals surface area contributed by atoms with Gasteiger partial charge in [-0.2, -0.15) is 0 Å². The number of amides is 1. The number of carbonyl (C=O) groups excluding carboxylic acids is 1. The number of carbonyl (C=O) groups is 1. The minimum atomic E-state index is -3.25. The molecule has 0 aliphatic carbocycles. The normalized spacial score (nSPS) is 12.6. The van der Waals surface area contributed by atoms with Gasteiger partial charge in [0.1, 0.15) is 0 Å². The summed E-state index contributed by atoms with van der Waals surface area (Å²) in [7, 11) is -3.25. The predicted octanol–water partition coefficient (Wildman–Crippen LogP) is 4.25.